The summed E-state index contributed by atoms with van der Waals surface area (Å²) in [6.07, 6.45) is 0. The molecule has 1 atom stereocenters. The Morgan fingerprint density at radius 1 is 1.62 bits per heavy atom. The van der Waals surface area contributed by atoms with Crippen LogP contribution >= 0.6 is 0 Å². The topological polar surface area (TPSA) is 58.2 Å². The van der Waals surface area contributed by atoms with Crippen molar-refractivity contribution in [2.24, 2.45) is 5.92 Å². The molecule has 2 N–H and O–H groups in total. The molecule has 1 amide bonds. The number of hydrogen-bond donors (Lipinski definition) is 2. The van der Waals surface area contributed by atoms with Crippen molar-refractivity contribution in [3.8, 4) is 0 Å². The maximum absolute atomic E-state index is 11.2. The third-order valence-corrected chi connectivity index (χ3v) is 3.41. The highest BCUT2D eigenvalue weighted by atomic mass is 32.2. The zero-order chi connectivity index (χ0) is 9.68. The van der Waals surface area contributed by atoms with Gasteiger partial charge in [-0.25, -0.2) is 0 Å². The third kappa shape index (κ3) is 3.44. The van der Waals surface area contributed by atoms with Gasteiger partial charge in [-0.3, -0.25) is 9.00 Å². The second-order valence-electron chi connectivity index (χ2n) is 3.08. The molecule has 1 fully saturated rings. The van der Waals surface area contributed by atoms with Crippen LogP contribution in [0, 0.1) is 5.92 Å². The summed E-state index contributed by atoms with van der Waals surface area (Å²) >= 11 is 0. The molecule has 1 heterocycles. The Morgan fingerprint density at radius 3 is 2.77 bits per heavy atom. The van der Waals surface area contributed by atoms with E-state index in [2.05, 4.69) is 10.6 Å². The Hall–Kier alpha value is -0.420. The van der Waals surface area contributed by atoms with Gasteiger partial charge in [0.1, 0.15) is 0 Å². The minimum absolute atomic E-state index is 0.0897. The highest BCUT2D eigenvalue weighted by Gasteiger charge is 2.24. The lowest BCUT2D eigenvalue weighted by molar-refractivity contribution is -0.126. The van der Waals surface area contributed by atoms with Crippen molar-refractivity contribution in [3.63, 3.8) is 0 Å². The Kier molecular flexibility index (Phi) is 4.38. The summed E-state index contributed by atoms with van der Waals surface area (Å²) in [7, 11) is -0.771. The molecule has 13 heavy (non-hydrogen) atoms. The molecule has 0 saturated carbocycles. The molecule has 76 valence electrons. The van der Waals surface area contributed by atoms with Crippen LogP contribution in [0.2, 0.25) is 0 Å². The number of hydrogen-bond acceptors (Lipinski definition) is 3. The molecule has 1 saturated heterocycles. The summed E-state index contributed by atoms with van der Waals surface area (Å²) in [5.74, 6) is 1.46. The molecule has 5 heteroatoms. The Labute approximate surface area is 80.9 Å². The van der Waals surface area contributed by atoms with Gasteiger partial charge in [-0.15, -0.1) is 0 Å². The van der Waals surface area contributed by atoms with Gasteiger partial charge < -0.3 is 10.6 Å². The lowest BCUT2D eigenvalue weighted by Gasteiger charge is -2.25. The summed E-state index contributed by atoms with van der Waals surface area (Å²) < 4.78 is 11.0. The molecule has 0 spiro atoms. The van der Waals surface area contributed by atoms with Crippen LogP contribution in [-0.4, -0.2) is 41.3 Å². The smallest absolute Gasteiger partial charge is 0.225 e. The fourth-order valence-corrected chi connectivity index (χ4v) is 1.67. The Morgan fingerprint density at radius 2 is 2.31 bits per heavy atom. The van der Waals surface area contributed by atoms with E-state index in [9.17, 15) is 9.00 Å². The molecule has 0 aromatic carbocycles. The highest BCUT2D eigenvalue weighted by Crippen LogP contribution is 2.01. The molecule has 1 rings (SSSR count). The van der Waals surface area contributed by atoms with Crippen LogP contribution in [0.4, 0.5) is 0 Å². The van der Waals surface area contributed by atoms with E-state index in [0.717, 1.165) is 13.1 Å². The molecule has 0 aromatic rings. The molecular formula is C8H16N2O2S. The highest BCUT2D eigenvalue weighted by molar-refractivity contribution is 7.84. The van der Waals surface area contributed by atoms with E-state index >= 15 is 0 Å². The summed E-state index contributed by atoms with van der Waals surface area (Å²) in [5.41, 5.74) is 0. The van der Waals surface area contributed by atoms with Gasteiger partial charge in [-0.1, -0.05) is 6.92 Å². The quantitative estimate of drug-likeness (QED) is 0.609. The first-order valence-electron chi connectivity index (χ1n) is 4.57. The van der Waals surface area contributed by atoms with Crippen LogP contribution in [0.5, 0.6) is 0 Å². The second-order valence-corrected chi connectivity index (χ2v) is 4.94. The number of nitrogens with one attached hydrogen (secondary N) is 2. The standard InChI is InChI=1S/C8H16N2O2S/c1-2-13(12)4-3-10-8(11)7-5-9-6-7/h7,9H,2-6H2,1H3,(H,10,11). The van der Waals surface area contributed by atoms with Gasteiger partial charge in [-0.2, -0.15) is 0 Å². The average Bonchev–Trinajstić information content (AvgIpc) is 2.01. The summed E-state index contributed by atoms with van der Waals surface area (Å²) in [6, 6.07) is 0. The molecule has 1 unspecified atom stereocenters. The van der Waals surface area contributed by atoms with Crippen LogP contribution in [0.25, 0.3) is 0 Å². The largest absolute Gasteiger partial charge is 0.355 e. The van der Waals surface area contributed by atoms with E-state index in [1.807, 2.05) is 6.92 Å². The maximum atomic E-state index is 11.2. The van der Waals surface area contributed by atoms with Crippen molar-refractivity contribution >= 4 is 16.7 Å². The van der Waals surface area contributed by atoms with Crippen molar-refractivity contribution in [3.05, 3.63) is 0 Å². The van der Waals surface area contributed by atoms with Gasteiger partial charge in [0.15, 0.2) is 0 Å². The number of carbonyl (C=O) groups is 1. The molecule has 1 aliphatic heterocycles. The maximum Gasteiger partial charge on any atom is 0.225 e. The second kappa shape index (κ2) is 5.34. The zero-order valence-corrected chi connectivity index (χ0v) is 8.65. The van der Waals surface area contributed by atoms with Crippen LogP contribution < -0.4 is 10.6 Å². The normalized spacial score (nSPS) is 19.2. The first kappa shape index (κ1) is 10.7. The van der Waals surface area contributed by atoms with Crippen molar-refractivity contribution < 1.29 is 9.00 Å². The van der Waals surface area contributed by atoms with Crippen LogP contribution in [0.1, 0.15) is 6.92 Å². The zero-order valence-electron chi connectivity index (χ0n) is 7.84. The van der Waals surface area contributed by atoms with Crippen molar-refractivity contribution in [2.45, 2.75) is 6.92 Å². The number of carbonyl (C=O) groups excluding carboxylic acids is 1. The van der Waals surface area contributed by atoms with Gasteiger partial charge in [0, 0.05) is 41.9 Å². The summed E-state index contributed by atoms with van der Waals surface area (Å²) in [5, 5.41) is 5.81. The molecular weight excluding hydrogens is 188 g/mol. The molecule has 1 aliphatic rings. The minimum atomic E-state index is -0.771. The molecule has 0 radical (unpaired) electrons. The van der Waals surface area contributed by atoms with Gasteiger partial charge >= 0.3 is 0 Å². The molecule has 4 nitrogen and oxygen atoms in total. The Bertz CT molecular complexity index is 204. The van der Waals surface area contributed by atoms with E-state index in [1.54, 1.807) is 0 Å². The van der Waals surface area contributed by atoms with E-state index < -0.39 is 10.8 Å². The first-order valence-corrected chi connectivity index (χ1v) is 6.06. The molecule has 0 bridgehead atoms. The van der Waals surface area contributed by atoms with Crippen molar-refractivity contribution in [2.75, 3.05) is 31.1 Å². The van der Waals surface area contributed by atoms with E-state index in [4.69, 9.17) is 0 Å². The lowest BCUT2D eigenvalue weighted by Crippen LogP contribution is -2.51. The Balaban J connectivity index is 2.04. The number of amides is 1. The van der Waals surface area contributed by atoms with E-state index in [1.165, 1.54) is 0 Å². The van der Waals surface area contributed by atoms with E-state index in [-0.39, 0.29) is 11.8 Å². The van der Waals surface area contributed by atoms with Crippen LogP contribution in [0.15, 0.2) is 0 Å². The van der Waals surface area contributed by atoms with Crippen molar-refractivity contribution in [1.29, 1.82) is 0 Å². The van der Waals surface area contributed by atoms with Crippen molar-refractivity contribution in [1.82, 2.24) is 10.6 Å². The predicted octanol–water partition coefficient (Wildman–Crippen LogP) is -0.909. The van der Waals surface area contributed by atoms with E-state index in [0.29, 0.717) is 18.1 Å². The minimum Gasteiger partial charge on any atom is -0.355 e. The summed E-state index contributed by atoms with van der Waals surface area (Å²) in [4.78, 5) is 11.2. The van der Waals surface area contributed by atoms with Gasteiger partial charge in [0.05, 0.1) is 5.92 Å². The lowest BCUT2D eigenvalue weighted by atomic mass is 10.0. The molecule has 0 aromatic heterocycles. The predicted molar refractivity (Wildman–Crippen MR) is 52.9 cm³/mol. The first-order chi connectivity index (χ1) is 6.24. The van der Waals surface area contributed by atoms with Crippen LogP contribution in [-0.2, 0) is 15.6 Å². The fraction of sp³-hybridized carbons (Fsp3) is 0.875. The fourth-order valence-electron chi connectivity index (χ4n) is 1.05. The molecule has 0 aliphatic carbocycles. The number of rotatable bonds is 5. The average molecular weight is 204 g/mol. The SMILES string of the molecule is CCS(=O)CCNC(=O)C1CNC1. The van der Waals surface area contributed by atoms with Gasteiger partial charge in [0.25, 0.3) is 0 Å². The van der Waals surface area contributed by atoms with Crippen LogP contribution in [0.3, 0.4) is 0 Å². The third-order valence-electron chi connectivity index (χ3n) is 2.10. The summed E-state index contributed by atoms with van der Waals surface area (Å²) in [6.45, 7) is 3.98. The van der Waals surface area contributed by atoms with Gasteiger partial charge in [0.2, 0.25) is 5.91 Å². The monoisotopic (exact) mass is 204 g/mol. The van der Waals surface area contributed by atoms with Gasteiger partial charge in [-0.05, 0) is 0 Å².